The van der Waals surface area contributed by atoms with Gasteiger partial charge in [0, 0.05) is 23.7 Å². The van der Waals surface area contributed by atoms with Gasteiger partial charge in [-0.2, -0.15) is 10.2 Å². The normalized spacial score (nSPS) is 24.5. The number of aromatic amines is 1. The molecule has 0 atom stereocenters. The van der Waals surface area contributed by atoms with Gasteiger partial charge in [0.1, 0.15) is 0 Å². The average Bonchev–Trinajstić information content (AvgIpc) is 2.99. The van der Waals surface area contributed by atoms with Gasteiger partial charge in [0.05, 0.1) is 47.9 Å². The van der Waals surface area contributed by atoms with Gasteiger partial charge in [-0.3, -0.25) is 0 Å². The Hall–Kier alpha value is -1.63. The van der Waals surface area contributed by atoms with E-state index in [1.807, 2.05) is 0 Å². The van der Waals surface area contributed by atoms with E-state index in [4.69, 9.17) is 16.3 Å². The van der Waals surface area contributed by atoms with Crippen molar-refractivity contribution in [1.29, 1.82) is 0 Å². The maximum Gasteiger partial charge on any atom is 0.0895 e. The molecule has 0 spiro atoms. The molecule has 7 heteroatoms. The predicted molar refractivity (Wildman–Crippen MR) is 112 cm³/mol. The third-order valence-corrected chi connectivity index (χ3v) is 6.21. The van der Waals surface area contributed by atoms with Crippen LogP contribution in [0, 0.1) is 5.92 Å². The molecule has 3 aliphatic rings. The van der Waals surface area contributed by atoms with Crippen LogP contribution in [0.2, 0.25) is 0 Å². The number of anilines is 1. The Balaban J connectivity index is 1.76. The minimum Gasteiger partial charge on any atom is -0.395 e. The fourth-order valence-corrected chi connectivity index (χ4v) is 5.00. The number of fused-ring (bicyclic) bond motifs is 3. The summed E-state index contributed by atoms with van der Waals surface area (Å²) in [6.07, 6.45) is 8.74. The van der Waals surface area contributed by atoms with E-state index in [0.29, 0.717) is 31.7 Å². The molecule has 0 aromatic carbocycles. The fraction of sp³-hybridized carbons (Fsp3) is 0.619. The molecule has 1 aromatic heterocycles. The SMILES string of the molecule is CC(C)O[C@H]1CC[C@H](C2=c3[nH]c4c(c3N(CCO)CC=C2Cl)CN=NC=4)CC1. The molecule has 6 nitrogen and oxygen atoms in total. The van der Waals surface area contributed by atoms with Crippen LogP contribution in [-0.4, -0.2) is 42.0 Å². The van der Waals surface area contributed by atoms with Crippen molar-refractivity contribution in [2.24, 2.45) is 16.1 Å². The average molecular weight is 405 g/mol. The van der Waals surface area contributed by atoms with Crippen LogP contribution >= 0.6 is 11.6 Å². The molecular weight excluding hydrogens is 376 g/mol. The Kier molecular flexibility index (Phi) is 5.90. The molecule has 1 aliphatic carbocycles. The molecule has 0 unspecified atom stereocenters. The van der Waals surface area contributed by atoms with E-state index in [0.717, 1.165) is 52.7 Å². The lowest BCUT2D eigenvalue weighted by molar-refractivity contribution is -0.0159. The standard InChI is InChI=1S/C21H29ClN4O2/c1-13(2)28-15-5-3-14(4-6-15)19-17(22)7-8-26(9-10-27)21-16-11-23-24-12-18(16)25-20(19)21/h7,12-15,25,27H,3-6,8-11H2,1-2H3/t14-,15-. The molecule has 1 saturated carbocycles. The number of β-amino-alcohol motifs (C(OH)–C–C–N with tert-alkyl or cyclic N) is 1. The minimum absolute atomic E-state index is 0.100. The number of ether oxygens (including phenoxy) is 1. The third-order valence-electron chi connectivity index (χ3n) is 5.86. The Morgan fingerprint density at radius 3 is 2.82 bits per heavy atom. The van der Waals surface area contributed by atoms with E-state index in [1.54, 1.807) is 6.20 Å². The monoisotopic (exact) mass is 404 g/mol. The second-order valence-corrected chi connectivity index (χ2v) is 8.49. The zero-order chi connectivity index (χ0) is 19.7. The summed E-state index contributed by atoms with van der Waals surface area (Å²) in [4.78, 5) is 5.77. The van der Waals surface area contributed by atoms with Crippen LogP contribution in [0.1, 0.15) is 45.1 Å². The summed E-state index contributed by atoms with van der Waals surface area (Å²) in [6, 6.07) is 0. The Morgan fingerprint density at radius 2 is 2.11 bits per heavy atom. The molecule has 28 heavy (non-hydrogen) atoms. The van der Waals surface area contributed by atoms with Crippen molar-refractivity contribution in [3.63, 3.8) is 0 Å². The summed E-state index contributed by atoms with van der Waals surface area (Å²) in [7, 11) is 0. The molecule has 0 radical (unpaired) electrons. The van der Waals surface area contributed by atoms with Crippen molar-refractivity contribution in [2.75, 3.05) is 24.6 Å². The van der Waals surface area contributed by atoms with Gasteiger partial charge in [0.2, 0.25) is 0 Å². The first-order valence-electron chi connectivity index (χ1n) is 10.3. The van der Waals surface area contributed by atoms with Gasteiger partial charge in [0.15, 0.2) is 0 Å². The third kappa shape index (κ3) is 3.78. The summed E-state index contributed by atoms with van der Waals surface area (Å²) in [5.74, 6) is 0.401. The summed E-state index contributed by atoms with van der Waals surface area (Å²) >= 11 is 6.82. The second-order valence-electron chi connectivity index (χ2n) is 8.08. The topological polar surface area (TPSA) is 73.2 Å². The number of aliphatic hydroxyl groups excluding tert-OH is 1. The number of H-pyrrole nitrogens is 1. The van der Waals surface area contributed by atoms with Crippen molar-refractivity contribution in [3.8, 4) is 0 Å². The Labute approximate surface area is 170 Å². The fourth-order valence-electron chi connectivity index (χ4n) is 4.68. The molecule has 4 rings (SSSR count). The van der Waals surface area contributed by atoms with Crippen LogP contribution in [0.4, 0.5) is 5.69 Å². The lowest BCUT2D eigenvalue weighted by Crippen LogP contribution is -2.32. The van der Waals surface area contributed by atoms with Crippen molar-refractivity contribution in [3.05, 3.63) is 27.4 Å². The lowest BCUT2D eigenvalue weighted by Gasteiger charge is -2.31. The minimum atomic E-state index is 0.100. The number of nitrogens with one attached hydrogen (secondary N) is 1. The van der Waals surface area contributed by atoms with E-state index in [2.05, 4.69) is 40.0 Å². The number of hydrogen-bond donors (Lipinski definition) is 2. The highest BCUT2D eigenvalue weighted by Gasteiger charge is 2.30. The van der Waals surface area contributed by atoms with Gasteiger partial charge in [-0.1, -0.05) is 11.6 Å². The first-order chi connectivity index (χ1) is 13.6. The molecule has 0 amide bonds. The van der Waals surface area contributed by atoms with Crippen molar-refractivity contribution >= 4 is 29.1 Å². The predicted octanol–water partition coefficient (Wildman–Crippen LogP) is 2.79. The molecule has 1 aromatic rings. The number of halogens is 1. The summed E-state index contributed by atoms with van der Waals surface area (Å²) in [5.41, 5.74) is 3.47. The number of aromatic nitrogens is 1. The molecule has 2 N–H and O–H groups in total. The van der Waals surface area contributed by atoms with Gasteiger partial charge < -0.3 is 19.7 Å². The van der Waals surface area contributed by atoms with E-state index < -0.39 is 0 Å². The van der Waals surface area contributed by atoms with Crippen LogP contribution in [0.5, 0.6) is 0 Å². The number of nitrogens with zero attached hydrogens (tertiary/aromatic N) is 3. The smallest absolute Gasteiger partial charge is 0.0895 e. The van der Waals surface area contributed by atoms with E-state index in [1.165, 1.54) is 5.57 Å². The Morgan fingerprint density at radius 1 is 1.32 bits per heavy atom. The van der Waals surface area contributed by atoms with Gasteiger partial charge >= 0.3 is 0 Å². The molecule has 2 aliphatic heterocycles. The molecule has 152 valence electrons. The maximum absolute atomic E-state index is 9.58. The van der Waals surface area contributed by atoms with Gasteiger partial charge in [-0.15, -0.1) is 0 Å². The van der Waals surface area contributed by atoms with Crippen molar-refractivity contribution in [2.45, 2.75) is 58.3 Å². The Bertz CT molecular complexity index is 894. The van der Waals surface area contributed by atoms with Crippen LogP contribution in [0.15, 0.2) is 21.3 Å². The molecule has 0 saturated heterocycles. The number of aliphatic hydroxyl groups is 1. The van der Waals surface area contributed by atoms with Crippen molar-refractivity contribution < 1.29 is 9.84 Å². The van der Waals surface area contributed by atoms with E-state index in [-0.39, 0.29) is 12.7 Å². The summed E-state index contributed by atoms with van der Waals surface area (Å²) in [6.45, 7) is 6.11. The highest BCUT2D eigenvalue weighted by Crippen LogP contribution is 2.38. The number of allylic oxidation sites excluding steroid dienone is 1. The maximum atomic E-state index is 9.58. The van der Waals surface area contributed by atoms with Gasteiger partial charge in [-0.05, 0) is 57.1 Å². The van der Waals surface area contributed by atoms with Crippen LogP contribution < -0.4 is 15.6 Å². The van der Waals surface area contributed by atoms with E-state index >= 15 is 0 Å². The molecule has 3 heterocycles. The van der Waals surface area contributed by atoms with Crippen LogP contribution in [0.25, 0.3) is 11.8 Å². The highest BCUT2D eigenvalue weighted by atomic mass is 35.5. The number of rotatable bonds is 5. The first-order valence-corrected chi connectivity index (χ1v) is 10.7. The molecule has 0 bridgehead atoms. The lowest BCUT2D eigenvalue weighted by atomic mass is 9.81. The molecule has 1 fully saturated rings. The zero-order valence-corrected chi connectivity index (χ0v) is 17.4. The largest absolute Gasteiger partial charge is 0.395 e. The van der Waals surface area contributed by atoms with Crippen LogP contribution in [0.3, 0.4) is 0 Å². The number of hydrogen-bond acceptors (Lipinski definition) is 5. The van der Waals surface area contributed by atoms with Gasteiger partial charge in [0.25, 0.3) is 0 Å². The van der Waals surface area contributed by atoms with Gasteiger partial charge in [-0.25, -0.2) is 0 Å². The number of azo groups is 1. The second kappa shape index (κ2) is 8.39. The van der Waals surface area contributed by atoms with Crippen LogP contribution in [-0.2, 0) is 11.3 Å². The summed E-state index contributed by atoms with van der Waals surface area (Å²) in [5, 5.41) is 20.8. The quantitative estimate of drug-likeness (QED) is 0.792. The summed E-state index contributed by atoms with van der Waals surface area (Å²) < 4.78 is 6.03. The van der Waals surface area contributed by atoms with Crippen molar-refractivity contribution in [1.82, 2.24) is 4.98 Å². The highest BCUT2D eigenvalue weighted by molar-refractivity contribution is 6.36. The van der Waals surface area contributed by atoms with E-state index in [9.17, 15) is 5.11 Å². The zero-order valence-electron chi connectivity index (χ0n) is 16.6. The molecular formula is C21H29ClN4O2. The first kappa shape index (κ1) is 19.7.